The predicted molar refractivity (Wildman–Crippen MR) is 95.4 cm³/mol. The zero-order valence-electron chi connectivity index (χ0n) is 14.4. The summed E-state index contributed by atoms with van der Waals surface area (Å²) in [5.74, 6) is -0.0281. The molecule has 26 heavy (non-hydrogen) atoms. The topological polar surface area (TPSA) is 45.5 Å². The van der Waals surface area contributed by atoms with E-state index in [2.05, 4.69) is 9.98 Å². The largest absolute Gasteiger partial charge is 0.418 e. The number of hydrogen-bond donors (Lipinski definition) is 1. The van der Waals surface area contributed by atoms with E-state index in [1.165, 1.54) is 6.07 Å². The summed E-state index contributed by atoms with van der Waals surface area (Å²) >= 11 is 0. The first kappa shape index (κ1) is 18.5. The summed E-state index contributed by atoms with van der Waals surface area (Å²) in [6.45, 7) is 1.91. The highest BCUT2D eigenvalue weighted by Gasteiger charge is 2.37. The van der Waals surface area contributed by atoms with Gasteiger partial charge in [-0.25, -0.2) is 0 Å². The number of fused-ring (bicyclic) bond motifs is 1. The van der Waals surface area contributed by atoms with Crippen LogP contribution in [0.3, 0.4) is 0 Å². The Labute approximate surface area is 150 Å². The average Bonchev–Trinajstić information content (AvgIpc) is 2.87. The Morgan fingerprint density at radius 2 is 2.12 bits per heavy atom. The smallest absolute Gasteiger partial charge is 0.396 e. The number of aromatic nitrogens is 1. The van der Waals surface area contributed by atoms with E-state index in [1.807, 2.05) is 25.5 Å². The molecule has 136 valence electrons. The van der Waals surface area contributed by atoms with E-state index in [0.29, 0.717) is 24.1 Å². The lowest BCUT2D eigenvalue weighted by molar-refractivity contribution is -0.138. The van der Waals surface area contributed by atoms with Crippen LogP contribution in [-0.2, 0) is 12.6 Å². The number of alkyl halides is 3. The second kappa shape index (κ2) is 7.50. The Bertz CT molecular complexity index is 800. The molecule has 1 N–H and O–H groups in total. The van der Waals surface area contributed by atoms with E-state index >= 15 is 0 Å². The summed E-state index contributed by atoms with van der Waals surface area (Å²) in [7, 11) is 0. The molecular weight excluding hydrogens is 341 g/mol. The van der Waals surface area contributed by atoms with Gasteiger partial charge >= 0.3 is 6.18 Å². The van der Waals surface area contributed by atoms with Gasteiger partial charge in [0.15, 0.2) is 0 Å². The molecule has 1 unspecified atom stereocenters. The number of pyridine rings is 1. The van der Waals surface area contributed by atoms with Crippen molar-refractivity contribution in [2.75, 3.05) is 6.61 Å². The second-order valence-corrected chi connectivity index (χ2v) is 6.37. The molecule has 1 aliphatic heterocycles. The summed E-state index contributed by atoms with van der Waals surface area (Å²) in [6.07, 6.45) is 6.41. The third kappa shape index (κ3) is 3.75. The summed E-state index contributed by atoms with van der Waals surface area (Å²) in [5.41, 5.74) is 1.30. The summed E-state index contributed by atoms with van der Waals surface area (Å²) in [5, 5.41) is 9.38. The quantitative estimate of drug-likeness (QED) is 0.782. The van der Waals surface area contributed by atoms with Gasteiger partial charge in [0, 0.05) is 30.5 Å². The average molecular weight is 361 g/mol. The molecule has 1 atom stereocenters. The molecule has 0 saturated heterocycles. The van der Waals surface area contributed by atoms with E-state index in [4.69, 9.17) is 0 Å². The molecule has 1 aromatic rings. The monoisotopic (exact) mass is 361 g/mol. The molecule has 0 radical (unpaired) electrons. The van der Waals surface area contributed by atoms with Crippen molar-refractivity contribution in [3.63, 3.8) is 0 Å². The minimum absolute atomic E-state index is 0.0217. The van der Waals surface area contributed by atoms with E-state index in [0.717, 1.165) is 18.1 Å². The predicted octanol–water partition coefficient (Wildman–Crippen LogP) is 4.55. The Kier molecular flexibility index (Phi) is 5.32. The van der Waals surface area contributed by atoms with Crippen LogP contribution in [0.15, 0.2) is 46.5 Å². The number of nitrogens with zero attached hydrogens (tertiary/aromatic N) is 2. The van der Waals surface area contributed by atoms with Crippen molar-refractivity contribution in [1.29, 1.82) is 0 Å². The molecule has 3 rings (SSSR count). The van der Waals surface area contributed by atoms with Crippen molar-refractivity contribution >= 4 is 11.9 Å². The van der Waals surface area contributed by atoms with Crippen molar-refractivity contribution in [1.82, 2.24) is 4.98 Å². The molecule has 2 heterocycles. The third-order valence-corrected chi connectivity index (χ3v) is 4.59. The second-order valence-electron chi connectivity index (χ2n) is 6.37. The third-order valence-electron chi connectivity index (χ3n) is 4.59. The van der Waals surface area contributed by atoms with Gasteiger partial charge in [-0.2, -0.15) is 13.2 Å². The fourth-order valence-electron chi connectivity index (χ4n) is 3.03. The number of allylic oxidation sites excluding steroid dienone is 5. The lowest BCUT2D eigenvalue weighted by atomic mass is 9.98. The Morgan fingerprint density at radius 1 is 1.31 bits per heavy atom. The molecule has 0 amide bonds. The van der Waals surface area contributed by atoms with Crippen molar-refractivity contribution in [2.45, 2.75) is 32.4 Å². The van der Waals surface area contributed by atoms with Gasteiger partial charge in [-0.1, -0.05) is 19.4 Å². The molecule has 0 fully saturated rings. The van der Waals surface area contributed by atoms with Crippen LogP contribution in [0.2, 0.25) is 0 Å². The Morgan fingerprint density at radius 3 is 2.81 bits per heavy atom. The first-order chi connectivity index (χ1) is 12.4. The van der Waals surface area contributed by atoms with Gasteiger partial charge in [-0.15, -0.1) is 0 Å². The molecular formula is C20H20F3N2O+. The van der Waals surface area contributed by atoms with Crippen LogP contribution in [0, 0.1) is 12.3 Å². The van der Waals surface area contributed by atoms with E-state index < -0.39 is 11.7 Å². The van der Waals surface area contributed by atoms with Crippen molar-refractivity contribution in [3.8, 4) is 0 Å². The highest BCUT2D eigenvalue weighted by atomic mass is 19.4. The molecule has 0 bridgehead atoms. The van der Waals surface area contributed by atoms with Crippen LogP contribution >= 0.6 is 0 Å². The van der Waals surface area contributed by atoms with Crippen LogP contribution in [0.4, 0.5) is 13.2 Å². The van der Waals surface area contributed by atoms with Crippen LogP contribution < -0.4 is 0 Å². The lowest BCUT2D eigenvalue weighted by Gasteiger charge is -2.15. The molecule has 3 nitrogen and oxygen atoms in total. The molecule has 0 spiro atoms. The van der Waals surface area contributed by atoms with E-state index in [-0.39, 0.29) is 23.9 Å². The first-order valence-corrected chi connectivity index (χ1v) is 8.61. The first-order valence-electron chi connectivity index (χ1n) is 8.61. The fourth-order valence-corrected chi connectivity index (χ4v) is 3.03. The Hall–Kier alpha value is -2.34. The van der Waals surface area contributed by atoms with Crippen LogP contribution in [-0.4, -0.2) is 22.9 Å². The number of aliphatic hydroxyl groups is 1. The fraction of sp³-hybridized carbons (Fsp3) is 0.350. The number of aliphatic imine (C=N–C) groups is 1. The lowest BCUT2D eigenvalue weighted by Crippen LogP contribution is -2.14. The van der Waals surface area contributed by atoms with Crippen molar-refractivity contribution in [2.24, 2.45) is 10.9 Å². The number of aliphatic hydroxyl groups excluding tert-OH is 1. The molecule has 0 saturated carbocycles. The minimum Gasteiger partial charge on any atom is -0.396 e. The van der Waals surface area contributed by atoms with Gasteiger partial charge in [0.05, 0.1) is 29.7 Å². The summed E-state index contributed by atoms with van der Waals surface area (Å²) in [6, 6.07) is 2.46. The summed E-state index contributed by atoms with van der Waals surface area (Å²) in [4.78, 5) is 8.54. The number of hydrogen-bond acceptors (Lipinski definition) is 3. The number of halogens is 3. The van der Waals surface area contributed by atoms with Gasteiger partial charge in [-0.05, 0) is 24.5 Å². The zero-order chi connectivity index (χ0) is 18.7. The maximum absolute atomic E-state index is 13.5. The van der Waals surface area contributed by atoms with Crippen LogP contribution in [0.5, 0.6) is 0 Å². The number of rotatable bonds is 5. The highest BCUT2D eigenvalue weighted by Crippen LogP contribution is 2.39. The standard InChI is InChI=1S/C20H20F3N2O/c1-2-13(12-26)10-15-8-9-17(20(21,22)23)19(25-15)18-16-7-5-3-4-6-14(16)11-24-18/h3,5-9,11,13,26H,2,4,10,12H2,1H3/q+1. The SMILES string of the molecule is CCC(CO)Cc1ccc(C(F)(F)F)c(C2=C3C=C[CH+]CC=C3C=N2)n1. The van der Waals surface area contributed by atoms with E-state index in [1.54, 1.807) is 12.3 Å². The summed E-state index contributed by atoms with van der Waals surface area (Å²) < 4.78 is 40.6. The molecule has 1 aliphatic carbocycles. The molecule has 1 aromatic heterocycles. The molecule has 2 aliphatic rings. The normalized spacial score (nSPS) is 17.7. The molecule has 6 heteroatoms. The van der Waals surface area contributed by atoms with Crippen molar-refractivity contribution in [3.05, 3.63) is 64.9 Å². The van der Waals surface area contributed by atoms with Crippen molar-refractivity contribution < 1.29 is 18.3 Å². The minimum atomic E-state index is -4.52. The van der Waals surface area contributed by atoms with Gasteiger partial charge in [0.25, 0.3) is 0 Å². The Balaban J connectivity index is 2.12. The maximum Gasteiger partial charge on any atom is 0.418 e. The van der Waals surface area contributed by atoms with Crippen LogP contribution in [0.25, 0.3) is 5.70 Å². The van der Waals surface area contributed by atoms with E-state index in [9.17, 15) is 18.3 Å². The zero-order valence-corrected chi connectivity index (χ0v) is 14.4. The van der Waals surface area contributed by atoms with Gasteiger partial charge in [-0.3, -0.25) is 9.98 Å². The van der Waals surface area contributed by atoms with Crippen LogP contribution in [0.1, 0.15) is 36.7 Å². The maximum atomic E-state index is 13.5. The highest BCUT2D eigenvalue weighted by molar-refractivity contribution is 6.00. The van der Waals surface area contributed by atoms with Gasteiger partial charge < -0.3 is 5.11 Å². The van der Waals surface area contributed by atoms with Gasteiger partial charge in [0.1, 0.15) is 11.4 Å². The molecule has 0 aromatic carbocycles. The van der Waals surface area contributed by atoms with Gasteiger partial charge in [0.2, 0.25) is 0 Å².